The van der Waals surface area contributed by atoms with Crippen LogP contribution in [0.3, 0.4) is 0 Å². The number of hydrogen-bond donors (Lipinski definition) is 5. The van der Waals surface area contributed by atoms with Crippen molar-refractivity contribution in [1.82, 2.24) is 0 Å². The van der Waals surface area contributed by atoms with Crippen molar-refractivity contribution in [3.8, 4) is 0 Å². The van der Waals surface area contributed by atoms with Crippen LogP contribution in [0.1, 0.15) is 31.8 Å². The van der Waals surface area contributed by atoms with E-state index in [4.69, 9.17) is 11.5 Å². The van der Waals surface area contributed by atoms with Gasteiger partial charge in [-0.2, -0.15) is 16.8 Å². The molecular weight excluding hydrogens is 474 g/mol. The molecule has 0 radical (unpaired) electrons. The van der Waals surface area contributed by atoms with Crippen LogP contribution in [-0.4, -0.2) is 37.5 Å². The fraction of sp³-hybridized carbons (Fsp3) is 0. The molecule has 11 nitrogen and oxygen atoms in total. The van der Waals surface area contributed by atoms with Crippen molar-refractivity contribution < 1.29 is 35.5 Å². The molecule has 0 saturated carbocycles. The number of benzene rings is 3. The largest absolute Gasteiger partial charge is 0.399 e. The first-order valence-electron chi connectivity index (χ1n) is 9.07. The van der Waals surface area contributed by atoms with Gasteiger partial charge in [-0.15, -0.1) is 0 Å². The topological polar surface area (TPSA) is 207 Å². The summed E-state index contributed by atoms with van der Waals surface area (Å²) in [6.45, 7) is 0. The van der Waals surface area contributed by atoms with E-state index in [2.05, 4.69) is 5.32 Å². The van der Waals surface area contributed by atoms with E-state index in [1.165, 1.54) is 36.4 Å². The van der Waals surface area contributed by atoms with Gasteiger partial charge in [-0.25, -0.2) is 0 Å². The van der Waals surface area contributed by atoms with Crippen molar-refractivity contribution in [1.29, 1.82) is 0 Å². The Hall–Kier alpha value is -3.78. The molecule has 7 N–H and O–H groups in total. The van der Waals surface area contributed by atoms with Crippen molar-refractivity contribution in [3.05, 3.63) is 70.8 Å². The second-order valence-corrected chi connectivity index (χ2v) is 9.90. The molecular formula is C20H15N3O8S2. The number of nitrogen functional groups attached to an aromatic ring is 2. The summed E-state index contributed by atoms with van der Waals surface area (Å²) in [6, 6.07) is 10.2. The number of rotatable bonds is 4. The Kier molecular flexibility index (Phi) is 5.01. The van der Waals surface area contributed by atoms with Gasteiger partial charge in [0.1, 0.15) is 9.79 Å². The number of nitrogens with two attached hydrogens (primary N) is 2. The fourth-order valence-corrected chi connectivity index (χ4v) is 4.97. The summed E-state index contributed by atoms with van der Waals surface area (Å²) in [6.07, 6.45) is 0. The first-order valence-corrected chi connectivity index (χ1v) is 11.9. The highest BCUT2D eigenvalue weighted by molar-refractivity contribution is 7.86. The molecule has 3 aromatic carbocycles. The van der Waals surface area contributed by atoms with Gasteiger partial charge in [0.05, 0.1) is 28.1 Å². The number of hydrogen-bond acceptors (Lipinski definition) is 9. The van der Waals surface area contributed by atoms with E-state index in [1.54, 1.807) is 0 Å². The lowest BCUT2D eigenvalue weighted by Gasteiger charge is -2.24. The van der Waals surface area contributed by atoms with Crippen LogP contribution in [0.4, 0.5) is 22.7 Å². The number of carbonyl (C=O) groups excluding carboxylic acids is 2. The van der Waals surface area contributed by atoms with Gasteiger partial charge in [0.25, 0.3) is 20.2 Å². The molecule has 4 rings (SSSR count). The van der Waals surface area contributed by atoms with Gasteiger partial charge in [-0.05, 0) is 36.4 Å². The first-order chi connectivity index (χ1) is 15.3. The summed E-state index contributed by atoms with van der Waals surface area (Å²) in [7, 11) is -9.89. The third-order valence-electron chi connectivity index (χ3n) is 5.03. The molecule has 33 heavy (non-hydrogen) atoms. The highest BCUT2D eigenvalue weighted by atomic mass is 32.2. The lowest BCUT2D eigenvalue weighted by Crippen LogP contribution is -2.27. The second kappa shape index (κ2) is 7.38. The van der Waals surface area contributed by atoms with E-state index in [1.807, 2.05) is 0 Å². The SMILES string of the molecule is Nc1ccc(Nc2cc(S(=O)(=O)O)c(N)c3c2C(=O)c2cccc(S(=O)(=O)O)c2C3=O)cc1. The van der Waals surface area contributed by atoms with Gasteiger partial charge in [0.15, 0.2) is 11.6 Å². The predicted octanol–water partition coefficient (Wildman–Crippen LogP) is 1.86. The number of anilines is 4. The van der Waals surface area contributed by atoms with Crippen LogP contribution in [0.5, 0.6) is 0 Å². The summed E-state index contributed by atoms with van der Waals surface area (Å²) in [5, 5.41) is 2.80. The van der Waals surface area contributed by atoms with Gasteiger partial charge in [-0.3, -0.25) is 18.7 Å². The van der Waals surface area contributed by atoms with Crippen molar-refractivity contribution >= 4 is 54.6 Å². The quantitative estimate of drug-likeness (QED) is 0.206. The van der Waals surface area contributed by atoms with E-state index < -0.39 is 58.4 Å². The third kappa shape index (κ3) is 3.72. The van der Waals surface area contributed by atoms with Crippen LogP contribution in [-0.2, 0) is 20.2 Å². The molecule has 1 aliphatic carbocycles. The van der Waals surface area contributed by atoms with Gasteiger partial charge in [0.2, 0.25) is 0 Å². The Morgan fingerprint density at radius 2 is 1.33 bits per heavy atom. The molecule has 0 unspecified atom stereocenters. The van der Waals surface area contributed by atoms with Crippen LogP contribution in [0, 0.1) is 0 Å². The number of carbonyl (C=O) groups is 2. The Balaban J connectivity index is 2.07. The van der Waals surface area contributed by atoms with Crippen LogP contribution >= 0.6 is 0 Å². The Morgan fingerprint density at radius 3 is 1.91 bits per heavy atom. The maximum Gasteiger partial charge on any atom is 0.296 e. The number of nitrogens with one attached hydrogen (secondary N) is 1. The molecule has 13 heteroatoms. The van der Waals surface area contributed by atoms with Crippen molar-refractivity contribution in [3.63, 3.8) is 0 Å². The summed E-state index contributed by atoms with van der Waals surface area (Å²) in [5.74, 6) is -1.96. The lowest BCUT2D eigenvalue weighted by atomic mass is 9.82. The lowest BCUT2D eigenvalue weighted by molar-refractivity contribution is 0.0977. The molecule has 0 aliphatic heterocycles. The molecule has 0 aromatic heterocycles. The third-order valence-corrected chi connectivity index (χ3v) is 6.82. The Bertz CT molecular complexity index is 1580. The minimum atomic E-state index is -4.96. The minimum Gasteiger partial charge on any atom is -0.399 e. The summed E-state index contributed by atoms with van der Waals surface area (Å²) < 4.78 is 66.7. The molecule has 3 aromatic rings. The Labute approximate surface area is 187 Å². The van der Waals surface area contributed by atoms with Gasteiger partial charge >= 0.3 is 0 Å². The van der Waals surface area contributed by atoms with Gasteiger partial charge < -0.3 is 16.8 Å². The van der Waals surface area contributed by atoms with Crippen LogP contribution in [0.15, 0.2) is 58.3 Å². The maximum atomic E-state index is 13.4. The monoisotopic (exact) mass is 489 g/mol. The zero-order chi connectivity index (χ0) is 24.3. The normalized spacial score (nSPS) is 13.4. The van der Waals surface area contributed by atoms with Crippen LogP contribution in [0.25, 0.3) is 0 Å². The van der Waals surface area contributed by atoms with E-state index in [0.717, 1.165) is 12.1 Å². The van der Waals surface area contributed by atoms with Gasteiger partial charge in [0, 0.05) is 16.9 Å². The van der Waals surface area contributed by atoms with Crippen LogP contribution < -0.4 is 16.8 Å². The molecule has 0 bridgehead atoms. The highest BCUT2D eigenvalue weighted by Crippen LogP contribution is 2.41. The van der Waals surface area contributed by atoms with E-state index in [9.17, 15) is 35.5 Å². The van der Waals surface area contributed by atoms with Crippen molar-refractivity contribution in [2.24, 2.45) is 0 Å². The summed E-state index contributed by atoms with van der Waals surface area (Å²) in [5.41, 5.74) is 9.43. The van der Waals surface area contributed by atoms with Crippen molar-refractivity contribution in [2.75, 3.05) is 16.8 Å². The van der Waals surface area contributed by atoms with E-state index >= 15 is 0 Å². The van der Waals surface area contributed by atoms with Gasteiger partial charge in [-0.1, -0.05) is 12.1 Å². The maximum absolute atomic E-state index is 13.4. The molecule has 0 atom stereocenters. The molecule has 0 amide bonds. The summed E-state index contributed by atoms with van der Waals surface area (Å²) in [4.78, 5) is 25.0. The molecule has 0 spiro atoms. The zero-order valence-corrected chi connectivity index (χ0v) is 18.1. The molecule has 0 heterocycles. The number of fused-ring (bicyclic) bond motifs is 2. The van der Waals surface area contributed by atoms with E-state index in [0.29, 0.717) is 11.4 Å². The predicted molar refractivity (Wildman–Crippen MR) is 118 cm³/mol. The first kappa shape index (κ1) is 22.4. The zero-order valence-electron chi connectivity index (χ0n) is 16.4. The average molecular weight is 489 g/mol. The highest BCUT2D eigenvalue weighted by Gasteiger charge is 2.39. The second-order valence-electron chi connectivity index (χ2n) is 7.12. The minimum absolute atomic E-state index is 0.183. The average Bonchev–Trinajstić information content (AvgIpc) is 2.72. The molecule has 1 aliphatic rings. The standard InChI is InChI=1S/C20H15N3O8S2/c21-9-4-6-10(7-5-9)23-12-8-14(33(29,30)31)18(22)17-16(12)19(24)11-2-1-3-13(32(26,27)28)15(11)20(17)25/h1-8,23H,21-22H2,(H,26,27,28)(H,29,30,31). The fourth-order valence-electron chi connectivity index (χ4n) is 3.61. The number of ketones is 2. The summed E-state index contributed by atoms with van der Waals surface area (Å²) >= 11 is 0. The van der Waals surface area contributed by atoms with Crippen molar-refractivity contribution in [2.45, 2.75) is 9.79 Å². The smallest absolute Gasteiger partial charge is 0.296 e. The van der Waals surface area contributed by atoms with E-state index in [-0.39, 0.29) is 16.8 Å². The Morgan fingerprint density at radius 1 is 0.727 bits per heavy atom. The molecule has 170 valence electrons. The molecule has 0 saturated heterocycles. The van der Waals surface area contributed by atoms with Crippen LogP contribution in [0.2, 0.25) is 0 Å². The molecule has 0 fully saturated rings.